The Labute approximate surface area is 224 Å². The minimum atomic E-state index is -4.04. The third-order valence-corrected chi connectivity index (χ3v) is 9.86. The summed E-state index contributed by atoms with van der Waals surface area (Å²) in [5.41, 5.74) is 0.0828. The molecule has 204 valence electrons. The predicted molar refractivity (Wildman–Crippen MR) is 141 cm³/mol. The maximum atomic E-state index is 13.5. The number of ether oxygens (including phenoxy) is 1. The van der Waals surface area contributed by atoms with E-state index >= 15 is 0 Å². The molecular weight excluding hydrogens is 506 g/mol. The van der Waals surface area contributed by atoms with E-state index in [1.165, 1.54) is 7.05 Å². The molecule has 0 saturated heterocycles. The normalized spacial score (nSPS) is 22.7. The van der Waals surface area contributed by atoms with Crippen molar-refractivity contribution in [3.63, 3.8) is 0 Å². The SMILES string of the molecule is CN(CC(=O)OCc1ccccc1)C(=O)C(Cc1cccnc1)NS(=O)(=O)CC12CCC(CC1=O)C2(C)C. The Balaban J connectivity index is 1.47. The number of Topliss-reactive ketones (excluding diaryl/α,β-unsaturated/α-hetero) is 1. The van der Waals surface area contributed by atoms with E-state index in [1.807, 2.05) is 44.2 Å². The molecule has 4 rings (SSSR count). The number of sulfonamides is 1. The lowest BCUT2D eigenvalue weighted by atomic mass is 9.70. The number of nitrogens with one attached hydrogen (secondary N) is 1. The lowest BCUT2D eigenvalue weighted by Crippen LogP contribution is -2.53. The first-order valence-electron chi connectivity index (χ1n) is 12.8. The van der Waals surface area contributed by atoms with Gasteiger partial charge in [-0.25, -0.2) is 13.1 Å². The molecule has 3 unspecified atom stereocenters. The number of esters is 1. The number of pyridine rings is 1. The van der Waals surface area contributed by atoms with Crippen LogP contribution in [0.1, 0.15) is 44.2 Å². The summed E-state index contributed by atoms with van der Waals surface area (Å²) in [5.74, 6) is -1.39. The molecule has 2 aliphatic carbocycles. The Hall–Kier alpha value is -3.11. The standard InChI is InChI=1S/C28H35N3O6S/c1-27(2)22-11-12-28(27,24(32)15-22)19-38(35,36)30-23(14-21-10-7-13-29-16-21)26(34)31(3)17-25(33)37-18-20-8-5-4-6-9-20/h4-10,13,16,22-23,30H,11-12,14-15,17-19H2,1-3H3. The summed E-state index contributed by atoms with van der Waals surface area (Å²) in [6, 6.07) is 11.4. The van der Waals surface area contributed by atoms with Gasteiger partial charge in [-0.2, -0.15) is 0 Å². The fourth-order valence-electron chi connectivity index (χ4n) is 5.95. The molecule has 1 N–H and O–H groups in total. The Bertz CT molecular complexity index is 1280. The summed E-state index contributed by atoms with van der Waals surface area (Å²) >= 11 is 0. The molecule has 1 aromatic heterocycles. The number of carbonyl (C=O) groups is 3. The van der Waals surface area contributed by atoms with Crippen molar-refractivity contribution in [1.82, 2.24) is 14.6 Å². The van der Waals surface area contributed by atoms with E-state index < -0.39 is 38.8 Å². The van der Waals surface area contributed by atoms with Crippen molar-refractivity contribution in [2.24, 2.45) is 16.7 Å². The number of fused-ring (bicyclic) bond motifs is 2. The zero-order valence-corrected chi connectivity index (χ0v) is 22.9. The average Bonchev–Trinajstić information content (AvgIpc) is 3.22. The maximum Gasteiger partial charge on any atom is 0.325 e. The monoisotopic (exact) mass is 541 g/mol. The minimum absolute atomic E-state index is 0.0162. The van der Waals surface area contributed by atoms with Gasteiger partial charge < -0.3 is 9.64 Å². The molecule has 9 nitrogen and oxygen atoms in total. The highest BCUT2D eigenvalue weighted by atomic mass is 32.2. The second-order valence-electron chi connectivity index (χ2n) is 11.0. The van der Waals surface area contributed by atoms with Crippen LogP contribution in [-0.2, 0) is 42.2 Å². The van der Waals surface area contributed by atoms with Crippen molar-refractivity contribution in [2.75, 3.05) is 19.3 Å². The van der Waals surface area contributed by atoms with Crippen LogP contribution >= 0.6 is 0 Å². The topological polar surface area (TPSA) is 123 Å². The van der Waals surface area contributed by atoms with Crippen LogP contribution in [0.25, 0.3) is 0 Å². The van der Waals surface area contributed by atoms with Gasteiger partial charge in [0.05, 0.1) is 5.75 Å². The second-order valence-corrected chi connectivity index (χ2v) is 12.8. The zero-order chi connectivity index (χ0) is 27.6. The number of amides is 1. The third kappa shape index (κ3) is 5.81. The number of aromatic nitrogens is 1. The van der Waals surface area contributed by atoms with Crippen LogP contribution < -0.4 is 4.72 Å². The first-order valence-corrected chi connectivity index (χ1v) is 14.5. The first-order chi connectivity index (χ1) is 17.9. The number of rotatable bonds is 11. The Morgan fingerprint density at radius 3 is 2.47 bits per heavy atom. The van der Waals surface area contributed by atoms with Crippen LogP contribution in [0.2, 0.25) is 0 Å². The quantitative estimate of drug-likeness (QED) is 0.434. The molecule has 2 aromatic rings. The smallest absolute Gasteiger partial charge is 0.325 e. The number of ketones is 1. The van der Waals surface area contributed by atoms with Crippen molar-refractivity contribution in [3.05, 3.63) is 66.0 Å². The van der Waals surface area contributed by atoms with E-state index in [1.54, 1.807) is 24.5 Å². The highest BCUT2D eigenvalue weighted by Gasteiger charge is 2.65. The lowest BCUT2D eigenvalue weighted by molar-refractivity contribution is -0.150. The molecule has 2 bridgehead atoms. The fourth-order valence-corrected chi connectivity index (χ4v) is 7.97. The van der Waals surface area contributed by atoms with E-state index in [-0.39, 0.29) is 37.0 Å². The molecular formula is C28H35N3O6S. The molecule has 0 spiro atoms. The van der Waals surface area contributed by atoms with Gasteiger partial charge >= 0.3 is 5.97 Å². The number of nitrogens with zero attached hydrogens (tertiary/aromatic N) is 2. The Morgan fingerprint density at radius 2 is 1.87 bits per heavy atom. The highest BCUT2D eigenvalue weighted by molar-refractivity contribution is 7.89. The van der Waals surface area contributed by atoms with Crippen LogP contribution in [0.4, 0.5) is 0 Å². The molecule has 0 radical (unpaired) electrons. The van der Waals surface area contributed by atoms with Crippen LogP contribution in [0.3, 0.4) is 0 Å². The van der Waals surface area contributed by atoms with Gasteiger partial charge in [-0.3, -0.25) is 19.4 Å². The van der Waals surface area contributed by atoms with Crippen LogP contribution in [-0.4, -0.2) is 61.3 Å². The summed E-state index contributed by atoms with van der Waals surface area (Å²) in [4.78, 5) is 44.0. The molecule has 2 aliphatic rings. The summed E-state index contributed by atoms with van der Waals surface area (Å²) < 4.78 is 34.8. The van der Waals surface area contributed by atoms with E-state index in [4.69, 9.17) is 4.74 Å². The number of likely N-dealkylation sites (N-methyl/N-ethyl adjacent to an activating group) is 1. The molecule has 3 atom stereocenters. The molecule has 1 heterocycles. The van der Waals surface area contributed by atoms with E-state index in [2.05, 4.69) is 9.71 Å². The molecule has 10 heteroatoms. The Kier molecular flexibility index (Phi) is 8.04. The van der Waals surface area contributed by atoms with Gasteiger partial charge in [0.1, 0.15) is 25.0 Å². The maximum absolute atomic E-state index is 13.5. The van der Waals surface area contributed by atoms with Crippen molar-refractivity contribution in [2.45, 2.75) is 52.2 Å². The Morgan fingerprint density at radius 1 is 1.16 bits per heavy atom. The van der Waals surface area contributed by atoms with Crippen molar-refractivity contribution in [3.8, 4) is 0 Å². The van der Waals surface area contributed by atoms with Gasteiger partial charge in [0, 0.05) is 31.3 Å². The van der Waals surface area contributed by atoms with Crippen molar-refractivity contribution < 1.29 is 27.5 Å². The summed E-state index contributed by atoms with van der Waals surface area (Å²) in [6.07, 6.45) is 4.94. The lowest BCUT2D eigenvalue weighted by Gasteiger charge is -2.36. The summed E-state index contributed by atoms with van der Waals surface area (Å²) in [5, 5.41) is 0. The van der Waals surface area contributed by atoms with Crippen LogP contribution in [0.5, 0.6) is 0 Å². The summed E-state index contributed by atoms with van der Waals surface area (Å²) in [7, 11) is -2.61. The zero-order valence-electron chi connectivity index (χ0n) is 22.1. The molecule has 2 fully saturated rings. The van der Waals surface area contributed by atoms with E-state index in [0.717, 1.165) is 16.9 Å². The number of hydrogen-bond acceptors (Lipinski definition) is 7. The first kappa shape index (κ1) is 27.9. The molecule has 0 aliphatic heterocycles. The number of benzene rings is 1. The van der Waals surface area contributed by atoms with Gasteiger partial charge in [-0.1, -0.05) is 50.2 Å². The van der Waals surface area contributed by atoms with Gasteiger partial charge in [-0.15, -0.1) is 0 Å². The predicted octanol–water partition coefficient (Wildman–Crippen LogP) is 2.51. The van der Waals surface area contributed by atoms with Gasteiger partial charge in [0.15, 0.2) is 0 Å². The van der Waals surface area contributed by atoms with Crippen molar-refractivity contribution in [1.29, 1.82) is 0 Å². The minimum Gasteiger partial charge on any atom is -0.459 e. The fraction of sp³-hybridized carbons (Fsp3) is 0.500. The molecule has 1 aromatic carbocycles. The number of hydrogen-bond donors (Lipinski definition) is 1. The summed E-state index contributed by atoms with van der Waals surface area (Å²) in [6.45, 7) is 3.67. The van der Waals surface area contributed by atoms with Crippen molar-refractivity contribution >= 4 is 27.7 Å². The van der Waals surface area contributed by atoms with Crippen LogP contribution in [0.15, 0.2) is 54.9 Å². The van der Waals surface area contributed by atoms with Gasteiger partial charge in [-0.05, 0) is 47.8 Å². The van der Waals surface area contributed by atoms with Crippen LogP contribution in [0, 0.1) is 16.7 Å². The van der Waals surface area contributed by atoms with Gasteiger partial charge in [0.25, 0.3) is 0 Å². The molecule has 2 saturated carbocycles. The van der Waals surface area contributed by atoms with E-state index in [0.29, 0.717) is 18.4 Å². The van der Waals surface area contributed by atoms with E-state index in [9.17, 15) is 22.8 Å². The number of carbonyl (C=O) groups excluding carboxylic acids is 3. The second kappa shape index (κ2) is 10.9. The molecule has 1 amide bonds. The van der Waals surface area contributed by atoms with Gasteiger partial charge in [0.2, 0.25) is 15.9 Å². The highest BCUT2D eigenvalue weighted by Crippen LogP contribution is 2.64. The molecule has 38 heavy (non-hydrogen) atoms. The largest absolute Gasteiger partial charge is 0.459 e. The third-order valence-electron chi connectivity index (χ3n) is 8.34. The average molecular weight is 542 g/mol.